The van der Waals surface area contributed by atoms with E-state index in [9.17, 15) is 23.2 Å². The minimum atomic E-state index is -0.546. The van der Waals surface area contributed by atoms with Crippen LogP contribution in [0.5, 0.6) is 5.75 Å². The third-order valence-corrected chi connectivity index (χ3v) is 7.76. The van der Waals surface area contributed by atoms with Crippen molar-refractivity contribution in [1.29, 1.82) is 5.26 Å². The Morgan fingerprint density at radius 1 is 1.15 bits per heavy atom. The molecule has 3 amide bonds. The van der Waals surface area contributed by atoms with Crippen molar-refractivity contribution in [2.45, 2.75) is 51.3 Å². The van der Waals surface area contributed by atoms with E-state index in [2.05, 4.69) is 27.8 Å². The first kappa shape index (κ1) is 33.6. The number of nitrogens with zero attached hydrogens (tertiary/aromatic N) is 1. The van der Waals surface area contributed by atoms with Gasteiger partial charge in [0, 0.05) is 54.9 Å². The second kappa shape index (κ2) is 16.2. The fourth-order valence-electron chi connectivity index (χ4n) is 4.97. The lowest BCUT2D eigenvalue weighted by Crippen LogP contribution is -2.27. The summed E-state index contributed by atoms with van der Waals surface area (Å²) in [6, 6.07) is 15.6. The number of hydrogen-bond donors (Lipinski definition) is 4. The maximum absolute atomic E-state index is 14.7. The van der Waals surface area contributed by atoms with Crippen LogP contribution in [-0.2, 0) is 17.9 Å². The van der Waals surface area contributed by atoms with Crippen LogP contribution in [0.3, 0.4) is 0 Å². The molecule has 0 radical (unpaired) electrons. The van der Waals surface area contributed by atoms with E-state index in [1.54, 1.807) is 37.4 Å². The first-order valence-electron chi connectivity index (χ1n) is 15.1. The van der Waals surface area contributed by atoms with E-state index in [1.165, 1.54) is 24.3 Å². The molecule has 1 aliphatic carbocycles. The summed E-state index contributed by atoms with van der Waals surface area (Å²) in [5.74, 6) is -0.646. The number of rotatable bonds is 13. The minimum absolute atomic E-state index is 0.0114. The normalized spacial score (nSPS) is 15.7. The molecule has 1 saturated carbocycles. The maximum atomic E-state index is 14.7. The summed E-state index contributed by atoms with van der Waals surface area (Å²) in [6.45, 7) is 4.42. The van der Waals surface area contributed by atoms with Crippen molar-refractivity contribution in [3.8, 4) is 11.8 Å². The zero-order valence-corrected chi connectivity index (χ0v) is 25.6. The molecule has 0 saturated heterocycles. The number of benzene rings is 3. The van der Waals surface area contributed by atoms with Gasteiger partial charge in [0.25, 0.3) is 11.8 Å². The number of fused-ring (bicyclic) bond motifs is 1. The first-order valence-corrected chi connectivity index (χ1v) is 15.1. The molecule has 0 spiro atoms. The van der Waals surface area contributed by atoms with E-state index in [0.717, 1.165) is 31.2 Å². The predicted molar refractivity (Wildman–Crippen MR) is 170 cm³/mol. The molecule has 1 heterocycles. The lowest BCUT2D eigenvalue weighted by Gasteiger charge is -2.11. The number of halogens is 2. The second-order valence-corrected chi connectivity index (χ2v) is 11.0. The van der Waals surface area contributed by atoms with Crippen molar-refractivity contribution in [3.63, 3.8) is 0 Å². The lowest BCUT2D eigenvalue weighted by molar-refractivity contribution is -0.120. The summed E-state index contributed by atoms with van der Waals surface area (Å²) in [5.41, 5.74) is 2.43. The summed E-state index contributed by atoms with van der Waals surface area (Å²) >= 11 is 0. The minimum Gasteiger partial charge on any atom is -0.488 e. The predicted octanol–water partition coefficient (Wildman–Crippen LogP) is 5.37. The van der Waals surface area contributed by atoms with Gasteiger partial charge in [-0.2, -0.15) is 5.26 Å². The zero-order valence-electron chi connectivity index (χ0n) is 25.6. The highest BCUT2D eigenvalue weighted by Crippen LogP contribution is 2.34. The summed E-state index contributed by atoms with van der Waals surface area (Å²) in [7, 11) is 1.65. The number of nitrogens with one attached hydrogen (secondary N) is 4. The Bertz CT molecular complexity index is 1640. The van der Waals surface area contributed by atoms with E-state index in [0.29, 0.717) is 42.1 Å². The number of allylic oxidation sites excluding steroid dienone is 1. The van der Waals surface area contributed by atoms with Gasteiger partial charge in [-0.1, -0.05) is 18.2 Å². The molecule has 1 fully saturated rings. The summed E-state index contributed by atoms with van der Waals surface area (Å²) < 4.78 is 34.4. The maximum Gasteiger partial charge on any atom is 0.252 e. The van der Waals surface area contributed by atoms with E-state index < -0.39 is 11.6 Å². The Labute approximate surface area is 267 Å². The van der Waals surface area contributed by atoms with Crippen molar-refractivity contribution >= 4 is 23.4 Å². The number of unbranched alkanes of at least 4 members (excludes halogenated alkanes) is 1. The Hall–Kier alpha value is -5.24. The van der Waals surface area contributed by atoms with Crippen LogP contribution in [0, 0.1) is 28.9 Å². The SMILES string of the molecule is C=CCCCC(=O)NC.N#Cc1ccc(NCCC2CC2NC(=O)c2ccc(COc3cccc4c3CNC4=O)c(F)c2)c(F)c1. The van der Waals surface area contributed by atoms with Gasteiger partial charge >= 0.3 is 0 Å². The largest absolute Gasteiger partial charge is 0.488 e. The third kappa shape index (κ3) is 9.14. The average molecular weight is 630 g/mol. The van der Waals surface area contributed by atoms with Gasteiger partial charge in [0.1, 0.15) is 24.0 Å². The number of anilines is 1. The molecule has 11 heteroatoms. The molecule has 9 nitrogen and oxygen atoms in total. The van der Waals surface area contributed by atoms with Crippen LogP contribution in [0.25, 0.3) is 0 Å². The lowest BCUT2D eigenvalue weighted by atomic mass is 10.1. The Morgan fingerprint density at radius 3 is 2.70 bits per heavy atom. The van der Waals surface area contributed by atoms with Crippen LogP contribution in [0.2, 0.25) is 0 Å². The number of carbonyl (C=O) groups excluding carboxylic acids is 3. The molecule has 1 aliphatic heterocycles. The Morgan fingerprint density at radius 2 is 1.98 bits per heavy atom. The van der Waals surface area contributed by atoms with Gasteiger partial charge in [0.2, 0.25) is 5.91 Å². The molecule has 3 aromatic rings. The van der Waals surface area contributed by atoms with Crippen molar-refractivity contribution < 1.29 is 27.9 Å². The highest BCUT2D eigenvalue weighted by molar-refractivity contribution is 5.99. The molecular weight excluding hydrogens is 592 g/mol. The molecule has 0 aromatic heterocycles. The zero-order chi connectivity index (χ0) is 33.1. The third-order valence-electron chi connectivity index (χ3n) is 7.76. The average Bonchev–Trinajstić information content (AvgIpc) is 3.68. The Kier molecular flexibility index (Phi) is 11.8. The molecule has 3 aromatic carbocycles. The van der Waals surface area contributed by atoms with Gasteiger partial charge in [0.15, 0.2) is 0 Å². The second-order valence-electron chi connectivity index (χ2n) is 11.0. The van der Waals surface area contributed by atoms with E-state index in [1.807, 2.05) is 12.1 Å². The fourth-order valence-corrected chi connectivity index (χ4v) is 4.97. The number of carbonyl (C=O) groups is 3. The first-order chi connectivity index (χ1) is 22.2. The van der Waals surface area contributed by atoms with Crippen molar-refractivity contribution in [2.75, 3.05) is 18.9 Å². The van der Waals surface area contributed by atoms with Crippen LogP contribution in [0.4, 0.5) is 14.5 Å². The highest BCUT2D eigenvalue weighted by Gasteiger charge is 2.37. The molecule has 4 N–H and O–H groups in total. The smallest absolute Gasteiger partial charge is 0.252 e. The number of amides is 3. The fraction of sp³-hybridized carbons (Fsp3) is 0.314. The molecule has 0 bridgehead atoms. The number of ether oxygens (including phenoxy) is 1. The van der Waals surface area contributed by atoms with Crippen LogP contribution < -0.4 is 26.0 Å². The van der Waals surface area contributed by atoms with Crippen molar-refractivity contribution in [3.05, 3.63) is 107 Å². The van der Waals surface area contributed by atoms with Crippen LogP contribution in [-0.4, -0.2) is 37.4 Å². The van der Waals surface area contributed by atoms with E-state index in [4.69, 9.17) is 10.00 Å². The number of hydrogen-bond acceptors (Lipinski definition) is 6. The Balaban J connectivity index is 0.000000468. The van der Waals surface area contributed by atoms with Gasteiger partial charge in [-0.25, -0.2) is 8.78 Å². The molecule has 5 rings (SSSR count). The quantitative estimate of drug-likeness (QED) is 0.149. The molecule has 2 unspecified atom stereocenters. The van der Waals surface area contributed by atoms with Crippen LogP contribution in [0.1, 0.15) is 69.5 Å². The molecule has 2 atom stereocenters. The highest BCUT2D eigenvalue weighted by atomic mass is 19.1. The van der Waals surface area contributed by atoms with E-state index in [-0.39, 0.29) is 47.4 Å². The van der Waals surface area contributed by atoms with E-state index >= 15 is 0 Å². The van der Waals surface area contributed by atoms with Crippen LogP contribution in [0.15, 0.2) is 67.3 Å². The number of nitriles is 1. The summed E-state index contributed by atoms with van der Waals surface area (Å²) in [6.07, 6.45) is 5.80. The van der Waals surface area contributed by atoms with Crippen molar-refractivity contribution in [2.24, 2.45) is 5.92 Å². The van der Waals surface area contributed by atoms with Gasteiger partial charge in [-0.05, 0) is 74.1 Å². The monoisotopic (exact) mass is 629 g/mol. The molecule has 46 heavy (non-hydrogen) atoms. The standard InChI is InChI=1S/C28H24F2N4O3.C7H13NO/c29-22-11-18(5-6-19(22)15-37-26-3-1-2-20-21(26)14-33-28(20)36)27(35)34-25-12-17(25)8-9-32-24-7-4-16(13-31)10-23(24)30;1-3-4-5-6-7(9)8-2/h1-7,10-11,17,25,32H,8-9,12,14-15H2,(H,33,36)(H,34,35);3H,1,4-6H2,2H3,(H,8,9). The summed E-state index contributed by atoms with van der Waals surface area (Å²) in [5, 5.41) is 20.0. The van der Waals surface area contributed by atoms with Gasteiger partial charge in [-0.3, -0.25) is 14.4 Å². The van der Waals surface area contributed by atoms with Crippen molar-refractivity contribution in [1.82, 2.24) is 16.0 Å². The molecular formula is C35H37F2N5O4. The summed E-state index contributed by atoms with van der Waals surface area (Å²) in [4.78, 5) is 34.9. The van der Waals surface area contributed by atoms with Gasteiger partial charge < -0.3 is 26.0 Å². The molecule has 240 valence electrons. The molecule has 2 aliphatic rings. The topological polar surface area (TPSA) is 132 Å². The van der Waals surface area contributed by atoms with Gasteiger partial charge in [0.05, 0.1) is 17.3 Å². The van der Waals surface area contributed by atoms with Gasteiger partial charge in [-0.15, -0.1) is 6.58 Å². The van der Waals surface area contributed by atoms with Crippen LogP contribution >= 0.6 is 0 Å².